The van der Waals surface area contributed by atoms with Gasteiger partial charge >= 0.3 is 0 Å². The number of anilines is 1. The molecule has 0 bridgehead atoms. The van der Waals surface area contributed by atoms with Crippen LogP contribution in [0.4, 0.5) is 10.2 Å². The summed E-state index contributed by atoms with van der Waals surface area (Å²) < 4.78 is 13.5. The third kappa shape index (κ3) is 5.04. The van der Waals surface area contributed by atoms with Crippen molar-refractivity contribution in [2.24, 2.45) is 0 Å². The Bertz CT molecular complexity index is 1080. The van der Waals surface area contributed by atoms with Crippen LogP contribution in [0.15, 0.2) is 53.7 Å². The van der Waals surface area contributed by atoms with Crippen LogP contribution in [-0.4, -0.2) is 48.1 Å². The van der Waals surface area contributed by atoms with E-state index in [1.165, 1.54) is 23.3 Å². The van der Waals surface area contributed by atoms with Gasteiger partial charge in [0.25, 0.3) is 0 Å². The summed E-state index contributed by atoms with van der Waals surface area (Å²) in [5, 5.41) is 10.6. The number of hydrogen-bond donors (Lipinski definition) is 0. The molecular formula is C24H24FN5S. The molecule has 158 valence electrons. The number of nitriles is 1. The Morgan fingerprint density at radius 1 is 1.00 bits per heavy atom. The molecule has 0 unspecified atom stereocenters. The maximum atomic E-state index is 13.5. The molecule has 1 saturated heterocycles. The first-order valence-electron chi connectivity index (χ1n) is 10.2. The zero-order valence-corrected chi connectivity index (χ0v) is 18.5. The van der Waals surface area contributed by atoms with E-state index in [0.29, 0.717) is 27.8 Å². The van der Waals surface area contributed by atoms with E-state index in [2.05, 4.69) is 54.1 Å². The molecule has 0 spiro atoms. The highest BCUT2D eigenvalue weighted by Gasteiger charge is 2.23. The van der Waals surface area contributed by atoms with Gasteiger partial charge in [0.15, 0.2) is 11.0 Å². The topological polar surface area (TPSA) is 56.1 Å². The second-order valence-corrected chi connectivity index (χ2v) is 8.68. The van der Waals surface area contributed by atoms with E-state index < -0.39 is 0 Å². The molecule has 5 nitrogen and oxygen atoms in total. The first-order chi connectivity index (χ1) is 15.0. The maximum Gasteiger partial charge on any atom is 0.190 e. The van der Waals surface area contributed by atoms with Crippen molar-refractivity contribution < 1.29 is 4.39 Å². The molecule has 0 atom stereocenters. The molecule has 1 fully saturated rings. The Kier molecular flexibility index (Phi) is 6.50. The van der Waals surface area contributed by atoms with Crippen LogP contribution in [0, 0.1) is 24.1 Å². The number of likely N-dealkylation sites (N-methyl/N-ethyl adjacent to an activating group) is 1. The monoisotopic (exact) mass is 433 g/mol. The van der Waals surface area contributed by atoms with Gasteiger partial charge in [-0.15, -0.1) is 0 Å². The zero-order valence-electron chi connectivity index (χ0n) is 17.7. The second-order valence-electron chi connectivity index (χ2n) is 7.74. The molecule has 0 radical (unpaired) electrons. The molecule has 0 N–H and O–H groups in total. The van der Waals surface area contributed by atoms with Crippen LogP contribution in [0.3, 0.4) is 0 Å². The summed E-state index contributed by atoms with van der Waals surface area (Å²) in [7, 11) is 2.09. The van der Waals surface area contributed by atoms with Crippen LogP contribution in [0.2, 0.25) is 0 Å². The highest BCUT2D eigenvalue weighted by molar-refractivity contribution is 7.98. The van der Waals surface area contributed by atoms with Gasteiger partial charge in [0.1, 0.15) is 17.4 Å². The number of piperazine rings is 1. The molecule has 2 aromatic carbocycles. The Morgan fingerprint density at radius 3 is 2.32 bits per heavy atom. The van der Waals surface area contributed by atoms with E-state index in [9.17, 15) is 9.65 Å². The predicted octanol–water partition coefficient (Wildman–Crippen LogP) is 4.51. The molecule has 0 amide bonds. The lowest BCUT2D eigenvalue weighted by atomic mass is 10.1. The van der Waals surface area contributed by atoms with Crippen LogP contribution in [-0.2, 0) is 5.75 Å². The molecular weight excluding hydrogens is 409 g/mol. The Morgan fingerprint density at radius 2 is 1.68 bits per heavy atom. The van der Waals surface area contributed by atoms with Crippen LogP contribution in [0.25, 0.3) is 11.3 Å². The first kappa shape index (κ1) is 21.3. The number of hydrogen-bond acceptors (Lipinski definition) is 6. The summed E-state index contributed by atoms with van der Waals surface area (Å²) in [5.74, 6) is 1.08. The number of rotatable bonds is 5. The second kappa shape index (κ2) is 9.46. The van der Waals surface area contributed by atoms with Crippen molar-refractivity contribution >= 4 is 17.6 Å². The number of aromatic nitrogens is 2. The third-order valence-corrected chi connectivity index (χ3v) is 6.31. The number of benzene rings is 2. The van der Waals surface area contributed by atoms with Gasteiger partial charge in [0, 0.05) is 37.5 Å². The molecule has 7 heteroatoms. The zero-order chi connectivity index (χ0) is 21.8. The van der Waals surface area contributed by atoms with Crippen molar-refractivity contribution in [3.8, 4) is 17.3 Å². The van der Waals surface area contributed by atoms with Crippen molar-refractivity contribution in [3.05, 3.63) is 71.0 Å². The summed E-state index contributed by atoms with van der Waals surface area (Å²) in [4.78, 5) is 13.9. The number of nitrogens with zero attached hydrogens (tertiary/aromatic N) is 5. The van der Waals surface area contributed by atoms with Crippen LogP contribution in [0.5, 0.6) is 0 Å². The van der Waals surface area contributed by atoms with Gasteiger partial charge < -0.3 is 9.80 Å². The van der Waals surface area contributed by atoms with Gasteiger partial charge in [0.05, 0.1) is 5.69 Å². The fourth-order valence-electron chi connectivity index (χ4n) is 3.49. The average molecular weight is 434 g/mol. The van der Waals surface area contributed by atoms with E-state index in [0.717, 1.165) is 31.9 Å². The van der Waals surface area contributed by atoms with Gasteiger partial charge in [-0.25, -0.2) is 14.4 Å². The van der Waals surface area contributed by atoms with E-state index >= 15 is 0 Å². The minimum atomic E-state index is -0.315. The van der Waals surface area contributed by atoms with Gasteiger partial charge in [-0.1, -0.05) is 41.6 Å². The standard InChI is InChI=1S/C24H24FN5S/c1-17-3-5-18(6-4-17)16-31-24-27-22(19-7-9-20(25)10-8-19)21(15-26)23(28-24)30-13-11-29(2)12-14-30/h3-10H,11-14,16H2,1-2H3. The van der Waals surface area contributed by atoms with Crippen molar-refractivity contribution in [1.29, 1.82) is 5.26 Å². The van der Waals surface area contributed by atoms with E-state index in [4.69, 9.17) is 9.97 Å². The number of aryl methyl sites for hydroxylation is 1. The number of halogens is 1. The van der Waals surface area contributed by atoms with Crippen molar-refractivity contribution in [1.82, 2.24) is 14.9 Å². The van der Waals surface area contributed by atoms with Gasteiger partial charge in [-0.2, -0.15) is 5.26 Å². The fraction of sp³-hybridized carbons (Fsp3) is 0.292. The highest BCUT2D eigenvalue weighted by atomic mass is 32.2. The van der Waals surface area contributed by atoms with E-state index in [1.807, 2.05) is 0 Å². The summed E-state index contributed by atoms with van der Waals surface area (Å²) in [6.45, 7) is 5.48. The molecule has 31 heavy (non-hydrogen) atoms. The van der Waals surface area contributed by atoms with Crippen LogP contribution >= 0.6 is 11.8 Å². The SMILES string of the molecule is Cc1ccc(CSc2nc(-c3ccc(F)cc3)c(C#N)c(N3CCN(C)CC3)n2)cc1. The van der Waals surface area contributed by atoms with Crippen molar-refractivity contribution in [2.45, 2.75) is 17.8 Å². The molecule has 0 aliphatic carbocycles. The number of thioether (sulfide) groups is 1. The van der Waals surface area contributed by atoms with Gasteiger partial charge in [0.2, 0.25) is 0 Å². The summed E-state index contributed by atoms with van der Waals surface area (Å²) >= 11 is 1.55. The Labute approximate surface area is 186 Å². The van der Waals surface area contributed by atoms with E-state index in [-0.39, 0.29) is 5.82 Å². The normalized spacial score (nSPS) is 14.5. The molecule has 3 aromatic rings. The largest absolute Gasteiger partial charge is 0.353 e. The molecule has 0 saturated carbocycles. The molecule has 1 aliphatic heterocycles. The molecule has 1 aromatic heterocycles. The van der Waals surface area contributed by atoms with Crippen LogP contribution < -0.4 is 4.90 Å². The minimum Gasteiger partial charge on any atom is -0.353 e. The maximum absolute atomic E-state index is 13.5. The summed E-state index contributed by atoms with van der Waals surface area (Å²) in [6, 6.07) is 16.8. The fourth-order valence-corrected chi connectivity index (χ4v) is 4.29. The van der Waals surface area contributed by atoms with Crippen molar-refractivity contribution in [2.75, 3.05) is 38.1 Å². The highest BCUT2D eigenvalue weighted by Crippen LogP contribution is 2.32. The molecule has 1 aliphatic rings. The van der Waals surface area contributed by atoms with E-state index in [1.54, 1.807) is 23.9 Å². The van der Waals surface area contributed by atoms with Gasteiger partial charge in [-0.05, 0) is 43.8 Å². The summed E-state index contributed by atoms with van der Waals surface area (Å²) in [5.41, 5.74) is 4.12. The molecule has 2 heterocycles. The van der Waals surface area contributed by atoms with Crippen molar-refractivity contribution in [3.63, 3.8) is 0 Å². The predicted molar refractivity (Wildman–Crippen MR) is 123 cm³/mol. The minimum absolute atomic E-state index is 0.315. The van der Waals surface area contributed by atoms with Gasteiger partial charge in [-0.3, -0.25) is 0 Å². The van der Waals surface area contributed by atoms with Crippen LogP contribution in [0.1, 0.15) is 16.7 Å². The smallest absolute Gasteiger partial charge is 0.190 e. The lowest BCUT2D eigenvalue weighted by Gasteiger charge is -2.34. The summed E-state index contributed by atoms with van der Waals surface area (Å²) in [6.07, 6.45) is 0. The Hall–Kier alpha value is -2.95. The molecule has 4 rings (SSSR count). The third-order valence-electron chi connectivity index (χ3n) is 5.39. The average Bonchev–Trinajstić information content (AvgIpc) is 2.79. The first-order valence-corrected chi connectivity index (χ1v) is 11.2. The Balaban J connectivity index is 1.72. The quantitative estimate of drug-likeness (QED) is 0.436. The lowest BCUT2D eigenvalue weighted by Crippen LogP contribution is -2.45. The lowest BCUT2D eigenvalue weighted by molar-refractivity contribution is 0.311.